The number of carboxylic acids is 1. The summed E-state index contributed by atoms with van der Waals surface area (Å²) in [5.74, 6) is -1.12. The van der Waals surface area contributed by atoms with E-state index in [1.165, 1.54) is 0 Å². The molecule has 0 radical (unpaired) electrons. The normalized spacial score (nSPS) is 11.5. The van der Waals surface area contributed by atoms with Crippen LogP contribution in [-0.2, 0) is 14.4 Å². The summed E-state index contributed by atoms with van der Waals surface area (Å²) < 4.78 is 0. The molecule has 0 aromatic heterocycles. The van der Waals surface area contributed by atoms with Crippen LogP contribution in [0.2, 0.25) is 0 Å². The first-order valence-electron chi connectivity index (χ1n) is 5.15. The Balaban J connectivity index is 2.93. The first kappa shape index (κ1) is 12.9. The Kier molecular flexibility index (Phi) is 4.87. The Labute approximate surface area is 98.7 Å². The lowest BCUT2D eigenvalue weighted by Crippen LogP contribution is -2.40. The first-order chi connectivity index (χ1) is 8.20. The summed E-state index contributed by atoms with van der Waals surface area (Å²) in [5, 5.41) is 9.05. The van der Waals surface area contributed by atoms with Crippen LogP contribution in [0.1, 0.15) is 12.8 Å². The highest BCUT2D eigenvalue weighted by molar-refractivity contribution is 5.88. The van der Waals surface area contributed by atoms with Crippen LogP contribution in [0.5, 0.6) is 0 Å². The summed E-state index contributed by atoms with van der Waals surface area (Å²) in [6, 6.07) is 7.47. The van der Waals surface area contributed by atoms with Crippen molar-refractivity contribution < 1.29 is 19.5 Å². The third-order valence-corrected chi connectivity index (χ3v) is 2.35. The van der Waals surface area contributed by atoms with Gasteiger partial charge in [0.25, 0.3) is 0 Å². The van der Waals surface area contributed by atoms with Crippen LogP contribution in [0.3, 0.4) is 0 Å². The minimum absolute atomic E-state index is 0.104. The monoisotopic (exact) mass is 235 g/mol. The molecule has 1 amide bonds. The van der Waals surface area contributed by atoms with Crippen LogP contribution in [0.4, 0.5) is 5.69 Å². The Morgan fingerprint density at radius 1 is 1.29 bits per heavy atom. The molecule has 0 aliphatic rings. The Morgan fingerprint density at radius 3 is 2.41 bits per heavy atom. The predicted molar refractivity (Wildman–Crippen MR) is 61.7 cm³/mol. The van der Waals surface area contributed by atoms with Crippen molar-refractivity contribution in [2.24, 2.45) is 0 Å². The molecule has 0 fully saturated rings. The van der Waals surface area contributed by atoms with Gasteiger partial charge >= 0.3 is 5.97 Å². The fraction of sp³-hybridized carbons (Fsp3) is 0.250. The largest absolute Gasteiger partial charge is 0.480 e. The Bertz CT molecular complexity index is 391. The lowest BCUT2D eigenvalue weighted by Gasteiger charge is -2.24. The second-order valence-electron chi connectivity index (χ2n) is 3.45. The maximum atomic E-state index is 11.1. The number of carboxylic acid groups (broad SMARTS) is 1. The van der Waals surface area contributed by atoms with E-state index in [-0.39, 0.29) is 12.8 Å². The summed E-state index contributed by atoms with van der Waals surface area (Å²) >= 11 is 0. The van der Waals surface area contributed by atoms with E-state index in [0.29, 0.717) is 18.4 Å². The average molecular weight is 235 g/mol. The van der Waals surface area contributed by atoms with Gasteiger partial charge in [-0.25, -0.2) is 4.79 Å². The number of aldehydes is 1. The molecule has 90 valence electrons. The summed E-state index contributed by atoms with van der Waals surface area (Å²) in [6.07, 6.45) is 1.32. The first-order valence-corrected chi connectivity index (χ1v) is 5.15. The third kappa shape index (κ3) is 3.41. The number of hydrogen-bond donors (Lipinski definition) is 1. The van der Waals surface area contributed by atoms with E-state index in [9.17, 15) is 14.4 Å². The van der Waals surface area contributed by atoms with Crippen molar-refractivity contribution in [2.45, 2.75) is 18.9 Å². The third-order valence-electron chi connectivity index (χ3n) is 2.35. The van der Waals surface area contributed by atoms with E-state index in [2.05, 4.69) is 0 Å². The van der Waals surface area contributed by atoms with Crippen LogP contribution in [0, 0.1) is 0 Å². The molecule has 0 saturated heterocycles. The minimum atomic E-state index is -1.12. The van der Waals surface area contributed by atoms with E-state index < -0.39 is 12.0 Å². The number of carbonyl (C=O) groups excluding carboxylic acids is 2. The number of hydrogen-bond acceptors (Lipinski definition) is 3. The fourth-order valence-electron chi connectivity index (χ4n) is 1.52. The van der Waals surface area contributed by atoms with Gasteiger partial charge in [0.1, 0.15) is 12.3 Å². The molecular weight excluding hydrogens is 222 g/mol. The van der Waals surface area contributed by atoms with Crippen LogP contribution < -0.4 is 4.90 Å². The molecule has 5 nitrogen and oxygen atoms in total. The number of amides is 1. The zero-order chi connectivity index (χ0) is 12.7. The van der Waals surface area contributed by atoms with Crippen molar-refractivity contribution in [1.82, 2.24) is 0 Å². The highest BCUT2D eigenvalue weighted by atomic mass is 16.4. The van der Waals surface area contributed by atoms with Gasteiger partial charge in [-0.05, 0) is 18.6 Å². The van der Waals surface area contributed by atoms with Gasteiger partial charge in [0.2, 0.25) is 6.41 Å². The molecule has 0 saturated carbocycles. The predicted octanol–water partition coefficient (Wildman–Crippen LogP) is 1.08. The zero-order valence-electron chi connectivity index (χ0n) is 9.15. The van der Waals surface area contributed by atoms with Crippen molar-refractivity contribution in [3.8, 4) is 0 Å². The molecule has 1 N–H and O–H groups in total. The van der Waals surface area contributed by atoms with Crippen LogP contribution >= 0.6 is 0 Å². The van der Waals surface area contributed by atoms with Gasteiger partial charge in [0.05, 0.1) is 0 Å². The van der Waals surface area contributed by atoms with Crippen molar-refractivity contribution in [3.05, 3.63) is 30.3 Å². The SMILES string of the molecule is O=CCCC(C(=O)O)N(C=O)c1ccccc1. The van der Waals surface area contributed by atoms with Crippen molar-refractivity contribution in [2.75, 3.05) is 4.90 Å². The molecule has 0 spiro atoms. The minimum Gasteiger partial charge on any atom is -0.480 e. The van der Waals surface area contributed by atoms with E-state index in [1.54, 1.807) is 30.3 Å². The molecule has 1 aromatic rings. The average Bonchev–Trinajstić information content (AvgIpc) is 2.35. The number of carbonyl (C=O) groups is 3. The molecule has 1 atom stereocenters. The summed E-state index contributed by atoms with van der Waals surface area (Å²) in [6.45, 7) is 0. The Hall–Kier alpha value is -2.17. The number of rotatable bonds is 7. The molecule has 1 unspecified atom stereocenters. The molecule has 0 aliphatic heterocycles. The topological polar surface area (TPSA) is 74.7 Å². The van der Waals surface area contributed by atoms with E-state index >= 15 is 0 Å². The van der Waals surface area contributed by atoms with Gasteiger partial charge in [-0.15, -0.1) is 0 Å². The highest BCUT2D eigenvalue weighted by Crippen LogP contribution is 2.17. The summed E-state index contributed by atoms with van der Waals surface area (Å²) in [7, 11) is 0. The zero-order valence-corrected chi connectivity index (χ0v) is 9.15. The van der Waals surface area contributed by atoms with Gasteiger partial charge in [0.15, 0.2) is 0 Å². The van der Waals surface area contributed by atoms with E-state index in [1.807, 2.05) is 0 Å². The highest BCUT2D eigenvalue weighted by Gasteiger charge is 2.24. The number of nitrogens with zero attached hydrogens (tertiary/aromatic N) is 1. The number of benzene rings is 1. The van der Waals surface area contributed by atoms with E-state index in [0.717, 1.165) is 4.90 Å². The van der Waals surface area contributed by atoms with Crippen molar-refractivity contribution in [1.29, 1.82) is 0 Å². The van der Waals surface area contributed by atoms with E-state index in [4.69, 9.17) is 5.11 Å². The number of para-hydroxylation sites is 1. The van der Waals surface area contributed by atoms with Gasteiger partial charge in [-0.2, -0.15) is 0 Å². The number of anilines is 1. The van der Waals surface area contributed by atoms with Crippen molar-refractivity contribution in [3.63, 3.8) is 0 Å². The van der Waals surface area contributed by atoms with Crippen LogP contribution in [0.25, 0.3) is 0 Å². The molecule has 1 rings (SSSR count). The van der Waals surface area contributed by atoms with Gasteiger partial charge in [-0.1, -0.05) is 18.2 Å². The van der Waals surface area contributed by atoms with Gasteiger partial charge in [-0.3, -0.25) is 4.79 Å². The standard InChI is InChI=1S/C12H13NO4/c14-8-4-7-11(12(16)17)13(9-15)10-5-2-1-3-6-10/h1-3,5-6,8-9,11H,4,7H2,(H,16,17). The Morgan fingerprint density at radius 2 is 1.94 bits per heavy atom. The molecular formula is C12H13NO4. The molecule has 1 aromatic carbocycles. The fourth-order valence-corrected chi connectivity index (χ4v) is 1.52. The second-order valence-corrected chi connectivity index (χ2v) is 3.45. The maximum absolute atomic E-state index is 11.1. The smallest absolute Gasteiger partial charge is 0.326 e. The molecule has 0 heterocycles. The molecule has 0 bridgehead atoms. The molecule has 0 aliphatic carbocycles. The number of aliphatic carboxylic acids is 1. The molecule has 5 heteroatoms. The van der Waals surface area contributed by atoms with Crippen LogP contribution in [0.15, 0.2) is 30.3 Å². The summed E-state index contributed by atoms with van der Waals surface area (Å²) in [4.78, 5) is 33.4. The van der Waals surface area contributed by atoms with Gasteiger partial charge in [0, 0.05) is 12.1 Å². The lowest BCUT2D eigenvalue weighted by molar-refractivity contribution is -0.139. The lowest BCUT2D eigenvalue weighted by atomic mass is 10.1. The van der Waals surface area contributed by atoms with Crippen LogP contribution in [-0.4, -0.2) is 29.8 Å². The second kappa shape index (κ2) is 6.42. The van der Waals surface area contributed by atoms with Gasteiger partial charge < -0.3 is 14.8 Å². The quantitative estimate of drug-likeness (QED) is 0.717. The molecule has 17 heavy (non-hydrogen) atoms. The van der Waals surface area contributed by atoms with Crippen molar-refractivity contribution >= 4 is 24.4 Å². The maximum Gasteiger partial charge on any atom is 0.326 e. The summed E-state index contributed by atoms with van der Waals surface area (Å²) in [5.41, 5.74) is 0.501.